The summed E-state index contributed by atoms with van der Waals surface area (Å²) < 4.78 is 82.6. The van der Waals surface area contributed by atoms with E-state index >= 15 is 0 Å². The normalized spacial score (nSPS) is 45.8. The summed E-state index contributed by atoms with van der Waals surface area (Å²) in [5.41, 5.74) is -4.08. The molecule has 1 saturated heterocycles. The van der Waals surface area contributed by atoms with Gasteiger partial charge in [0, 0.05) is 11.3 Å². The Bertz CT molecular complexity index is 362. The van der Waals surface area contributed by atoms with E-state index in [2.05, 4.69) is 4.74 Å². The Morgan fingerprint density at radius 3 is 2.00 bits per heavy atom. The largest absolute Gasteiger partial charge is 0.426 e. The van der Waals surface area contributed by atoms with Crippen molar-refractivity contribution in [1.29, 1.82) is 0 Å². The standard InChI is InChI=1S/C10H9ClF6O/c11-7-3-1-4-5(2-3)18-8(6(4)7,9(12,13)14)10(15,16)17/h3-7H,1-2H2/t3-,4+,5?,6?,7?/m1/s1. The van der Waals surface area contributed by atoms with Gasteiger partial charge in [0.15, 0.2) is 0 Å². The first kappa shape index (κ1) is 12.8. The molecule has 1 aliphatic heterocycles. The molecule has 3 unspecified atom stereocenters. The zero-order chi connectivity index (χ0) is 13.5. The maximum absolute atomic E-state index is 13.0. The predicted octanol–water partition coefficient (Wildman–Crippen LogP) is 3.51. The molecular weight excluding hydrogens is 286 g/mol. The molecule has 0 aromatic heterocycles. The summed E-state index contributed by atoms with van der Waals surface area (Å²) >= 11 is 5.82. The van der Waals surface area contributed by atoms with Crippen molar-refractivity contribution in [3.63, 3.8) is 0 Å². The molecular formula is C10H9ClF6O. The number of alkyl halides is 7. The summed E-state index contributed by atoms with van der Waals surface area (Å²) in [7, 11) is 0. The number of rotatable bonds is 0. The topological polar surface area (TPSA) is 9.23 Å². The molecule has 1 nitrogen and oxygen atoms in total. The molecule has 2 aliphatic carbocycles. The molecule has 2 bridgehead atoms. The van der Waals surface area contributed by atoms with Crippen molar-refractivity contribution in [2.45, 2.75) is 42.3 Å². The van der Waals surface area contributed by atoms with Gasteiger partial charge in [0.05, 0.1) is 6.10 Å². The Kier molecular flexibility index (Phi) is 2.34. The number of fused-ring (bicyclic) bond motifs is 1. The lowest BCUT2D eigenvalue weighted by molar-refractivity contribution is -0.383. The minimum atomic E-state index is -5.49. The number of halogens is 7. The van der Waals surface area contributed by atoms with Crippen LogP contribution >= 0.6 is 11.6 Å². The van der Waals surface area contributed by atoms with Crippen LogP contribution in [0.5, 0.6) is 0 Å². The molecule has 0 amide bonds. The molecule has 3 aliphatic rings. The minimum absolute atomic E-state index is 0.198. The number of hydrogen-bond acceptors (Lipinski definition) is 1. The van der Waals surface area contributed by atoms with Crippen LogP contribution in [0.4, 0.5) is 26.3 Å². The minimum Gasteiger partial charge on any atom is -0.354 e. The maximum Gasteiger partial charge on any atom is 0.426 e. The van der Waals surface area contributed by atoms with Crippen LogP contribution in [0.25, 0.3) is 0 Å². The highest BCUT2D eigenvalue weighted by atomic mass is 35.5. The lowest BCUT2D eigenvalue weighted by atomic mass is 9.77. The molecule has 8 heteroatoms. The number of hydrogen-bond donors (Lipinski definition) is 0. The second kappa shape index (κ2) is 3.29. The third-order valence-corrected chi connectivity index (χ3v) is 5.12. The SMILES string of the molecule is FC(F)(F)C1(C(F)(F)F)OC2C[C@H]3C[C@@H]2C1C3Cl. The van der Waals surface area contributed by atoms with Crippen LogP contribution in [0.2, 0.25) is 0 Å². The quantitative estimate of drug-likeness (QED) is 0.491. The van der Waals surface area contributed by atoms with Gasteiger partial charge in [0.2, 0.25) is 0 Å². The Morgan fingerprint density at radius 2 is 1.56 bits per heavy atom. The van der Waals surface area contributed by atoms with E-state index in [0.717, 1.165) is 0 Å². The van der Waals surface area contributed by atoms with E-state index in [1.807, 2.05) is 0 Å². The van der Waals surface area contributed by atoms with Crippen molar-refractivity contribution in [2.24, 2.45) is 17.8 Å². The first-order valence-electron chi connectivity index (χ1n) is 5.55. The van der Waals surface area contributed by atoms with Crippen molar-refractivity contribution in [3.8, 4) is 0 Å². The third kappa shape index (κ3) is 1.25. The zero-order valence-electron chi connectivity index (χ0n) is 8.85. The van der Waals surface area contributed by atoms with E-state index in [4.69, 9.17) is 11.6 Å². The van der Waals surface area contributed by atoms with Gasteiger partial charge in [-0.1, -0.05) is 0 Å². The van der Waals surface area contributed by atoms with E-state index in [1.54, 1.807) is 0 Å². The van der Waals surface area contributed by atoms with Gasteiger partial charge >= 0.3 is 12.4 Å². The molecule has 3 fully saturated rings. The fourth-order valence-corrected chi connectivity index (χ4v) is 4.46. The molecule has 2 saturated carbocycles. The van der Waals surface area contributed by atoms with Crippen LogP contribution < -0.4 is 0 Å². The lowest BCUT2D eigenvalue weighted by Crippen LogP contribution is -2.62. The van der Waals surface area contributed by atoms with Crippen LogP contribution in [0.3, 0.4) is 0 Å². The maximum atomic E-state index is 13.0. The third-order valence-electron chi connectivity index (χ3n) is 4.49. The fourth-order valence-electron chi connectivity index (χ4n) is 3.89. The summed E-state index contributed by atoms with van der Waals surface area (Å²) in [6.45, 7) is 0. The van der Waals surface area contributed by atoms with E-state index in [9.17, 15) is 26.3 Å². The van der Waals surface area contributed by atoms with Crippen molar-refractivity contribution in [1.82, 2.24) is 0 Å². The predicted molar refractivity (Wildman–Crippen MR) is 49.1 cm³/mol. The molecule has 5 atom stereocenters. The van der Waals surface area contributed by atoms with Crippen LogP contribution in [-0.2, 0) is 4.74 Å². The van der Waals surface area contributed by atoms with Crippen LogP contribution in [0, 0.1) is 17.8 Å². The smallest absolute Gasteiger partial charge is 0.354 e. The van der Waals surface area contributed by atoms with Gasteiger partial charge in [-0.15, -0.1) is 11.6 Å². The van der Waals surface area contributed by atoms with Gasteiger partial charge in [-0.2, -0.15) is 26.3 Å². The first-order valence-corrected chi connectivity index (χ1v) is 5.98. The second-order valence-corrected chi connectivity index (χ2v) is 5.76. The monoisotopic (exact) mass is 294 g/mol. The number of ether oxygens (including phenoxy) is 1. The van der Waals surface area contributed by atoms with Crippen LogP contribution in [0.15, 0.2) is 0 Å². The van der Waals surface area contributed by atoms with Gasteiger partial charge < -0.3 is 4.74 Å². The van der Waals surface area contributed by atoms with E-state index in [1.165, 1.54) is 0 Å². The molecule has 18 heavy (non-hydrogen) atoms. The van der Waals surface area contributed by atoms with Gasteiger partial charge in [0.1, 0.15) is 0 Å². The highest BCUT2D eigenvalue weighted by Gasteiger charge is 2.84. The van der Waals surface area contributed by atoms with Gasteiger partial charge in [0.25, 0.3) is 5.60 Å². The molecule has 0 spiro atoms. The molecule has 0 aromatic rings. The van der Waals surface area contributed by atoms with Crippen molar-refractivity contribution >= 4 is 11.6 Å². The van der Waals surface area contributed by atoms with E-state index in [0.29, 0.717) is 6.42 Å². The lowest BCUT2D eigenvalue weighted by Gasteiger charge is -2.38. The van der Waals surface area contributed by atoms with Crippen molar-refractivity contribution in [2.75, 3.05) is 0 Å². The average molecular weight is 295 g/mol. The molecule has 104 valence electrons. The van der Waals surface area contributed by atoms with Gasteiger partial charge in [-0.05, 0) is 24.7 Å². The highest BCUT2D eigenvalue weighted by molar-refractivity contribution is 6.21. The highest BCUT2D eigenvalue weighted by Crippen LogP contribution is 2.68. The Balaban J connectivity index is 2.13. The average Bonchev–Trinajstić information content (AvgIpc) is 2.71. The van der Waals surface area contributed by atoms with Crippen molar-refractivity contribution < 1.29 is 31.1 Å². The van der Waals surface area contributed by atoms with E-state index < -0.39 is 41.3 Å². The van der Waals surface area contributed by atoms with Crippen LogP contribution in [-0.4, -0.2) is 29.4 Å². The molecule has 3 rings (SSSR count). The molecule has 0 radical (unpaired) electrons. The Morgan fingerprint density at radius 1 is 1.00 bits per heavy atom. The summed E-state index contributed by atoms with van der Waals surface area (Å²) in [6.07, 6.45) is -11.4. The summed E-state index contributed by atoms with van der Waals surface area (Å²) in [5.74, 6) is -2.72. The first-order chi connectivity index (χ1) is 8.09. The van der Waals surface area contributed by atoms with Crippen molar-refractivity contribution in [3.05, 3.63) is 0 Å². The summed E-state index contributed by atoms with van der Waals surface area (Å²) in [5, 5.41) is -1.11. The molecule has 0 aromatic carbocycles. The molecule has 1 heterocycles. The van der Waals surface area contributed by atoms with Crippen LogP contribution in [0.1, 0.15) is 12.8 Å². The zero-order valence-corrected chi connectivity index (χ0v) is 9.61. The van der Waals surface area contributed by atoms with Gasteiger partial charge in [-0.3, -0.25) is 0 Å². The Labute approximate surface area is 103 Å². The second-order valence-electron chi connectivity index (χ2n) is 5.25. The van der Waals surface area contributed by atoms with E-state index in [-0.39, 0.29) is 12.3 Å². The Hall–Kier alpha value is -0.170. The summed E-state index contributed by atoms with van der Waals surface area (Å²) in [4.78, 5) is 0. The van der Waals surface area contributed by atoms with Gasteiger partial charge in [-0.25, -0.2) is 0 Å². The fraction of sp³-hybridized carbons (Fsp3) is 1.00. The molecule has 0 N–H and O–H groups in total. The summed E-state index contributed by atoms with van der Waals surface area (Å²) in [6, 6.07) is 0.